The topological polar surface area (TPSA) is 58.2 Å². The van der Waals surface area contributed by atoms with Gasteiger partial charge in [0.1, 0.15) is 0 Å². The summed E-state index contributed by atoms with van der Waals surface area (Å²) in [5, 5.41) is 5.71. The second kappa shape index (κ2) is 6.43. The fourth-order valence-electron chi connectivity index (χ4n) is 2.37. The predicted octanol–water partition coefficient (Wildman–Crippen LogP) is 3.89. The molecule has 0 bridgehead atoms. The molecule has 2 rings (SSSR count). The number of hydrogen-bond acceptors (Lipinski definition) is 2. The van der Waals surface area contributed by atoms with Crippen molar-refractivity contribution in [3.8, 4) is 11.1 Å². The van der Waals surface area contributed by atoms with Crippen LogP contribution in [-0.4, -0.2) is 11.8 Å². The maximum absolute atomic E-state index is 11.4. The van der Waals surface area contributed by atoms with Crippen LogP contribution in [0.5, 0.6) is 0 Å². The lowest BCUT2D eigenvalue weighted by Crippen LogP contribution is -2.09. The predicted molar refractivity (Wildman–Crippen MR) is 90.0 cm³/mol. The van der Waals surface area contributed by atoms with Crippen molar-refractivity contribution in [3.63, 3.8) is 0 Å². The average Bonchev–Trinajstić information content (AvgIpc) is 2.38. The Morgan fingerprint density at radius 3 is 1.41 bits per heavy atom. The highest BCUT2D eigenvalue weighted by atomic mass is 16.2. The van der Waals surface area contributed by atoms with E-state index in [0.717, 1.165) is 33.6 Å². The molecule has 4 nitrogen and oxygen atoms in total. The van der Waals surface area contributed by atoms with E-state index < -0.39 is 0 Å². The molecule has 4 heteroatoms. The quantitative estimate of drug-likeness (QED) is 0.902. The van der Waals surface area contributed by atoms with Crippen molar-refractivity contribution >= 4 is 23.2 Å². The van der Waals surface area contributed by atoms with Crippen molar-refractivity contribution < 1.29 is 9.59 Å². The van der Waals surface area contributed by atoms with Crippen molar-refractivity contribution in [2.45, 2.75) is 27.7 Å². The number of nitrogens with one attached hydrogen (secondary N) is 2. The van der Waals surface area contributed by atoms with Crippen molar-refractivity contribution in [1.29, 1.82) is 0 Å². The van der Waals surface area contributed by atoms with Crippen molar-refractivity contribution in [2.24, 2.45) is 0 Å². The minimum absolute atomic E-state index is 0.125. The fourth-order valence-corrected chi connectivity index (χ4v) is 2.37. The zero-order chi connectivity index (χ0) is 16.3. The lowest BCUT2D eigenvalue weighted by Gasteiger charge is -2.16. The molecular formula is C18H20N2O2. The molecule has 0 radical (unpaired) electrons. The van der Waals surface area contributed by atoms with Crippen molar-refractivity contribution in [3.05, 3.63) is 47.5 Å². The van der Waals surface area contributed by atoms with Gasteiger partial charge in [-0.05, 0) is 37.1 Å². The average molecular weight is 296 g/mol. The van der Waals surface area contributed by atoms with Gasteiger partial charge in [0.2, 0.25) is 11.8 Å². The highest BCUT2D eigenvalue weighted by Gasteiger charge is 2.12. The van der Waals surface area contributed by atoms with E-state index in [4.69, 9.17) is 0 Å². The SMILES string of the molecule is CC(=O)Nc1cc(C)ccc1-c1ccc(C)cc1NC(C)=O. The summed E-state index contributed by atoms with van der Waals surface area (Å²) in [5.74, 6) is -0.250. The molecule has 0 unspecified atom stereocenters. The summed E-state index contributed by atoms with van der Waals surface area (Å²) in [5.41, 5.74) is 5.35. The van der Waals surface area contributed by atoms with Gasteiger partial charge in [-0.1, -0.05) is 24.3 Å². The standard InChI is InChI=1S/C18H20N2O2/c1-11-5-7-15(17(9-11)19-13(3)21)16-8-6-12(2)10-18(16)20-14(4)22/h5-10H,1-4H3,(H,19,21)(H,20,22). The second-order valence-electron chi connectivity index (χ2n) is 5.46. The fraction of sp³-hybridized carbons (Fsp3) is 0.222. The maximum Gasteiger partial charge on any atom is 0.221 e. The van der Waals surface area contributed by atoms with Gasteiger partial charge in [0.25, 0.3) is 0 Å². The molecule has 2 amide bonds. The molecule has 0 aliphatic rings. The summed E-state index contributed by atoms with van der Waals surface area (Å²) in [6.07, 6.45) is 0. The molecular weight excluding hydrogens is 276 g/mol. The first-order chi connectivity index (χ1) is 10.4. The molecule has 0 fully saturated rings. The second-order valence-corrected chi connectivity index (χ2v) is 5.46. The highest BCUT2D eigenvalue weighted by molar-refractivity contribution is 5.99. The summed E-state index contributed by atoms with van der Waals surface area (Å²) in [6.45, 7) is 6.91. The van der Waals surface area contributed by atoms with E-state index in [9.17, 15) is 9.59 Å². The number of carbonyl (C=O) groups is 2. The lowest BCUT2D eigenvalue weighted by atomic mass is 9.98. The first-order valence-corrected chi connectivity index (χ1v) is 7.13. The number of benzene rings is 2. The van der Waals surface area contributed by atoms with Gasteiger partial charge in [-0.25, -0.2) is 0 Å². The van der Waals surface area contributed by atoms with Gasteiger partial charge in [-0.2, -0.15) is 0 Å². The van der Waals surface area contributed by atoms with Gasteiger partial charge in [0, 0.05) is 36.3 Å². The molecule has 2 aromatic carbocycles. The Balaban J connectivity index is 2.60. The normalized spacial score (nSPS) is 10.2. The first-order valence-electron chi connectivity index (χ1n) is 7.13. The van der Waals surface area contributed by atoms with Gasteiger partial charge in [0.15, 0.2) is 0 Å². The molecule has 114 valence electrons. The third kappa shape index (κ3) is 3.73. The minimum atomic E-state index is -0.125. The zero-order valence-corrected chi connectivity index (χ0v) is 13.3. The molecule has 0 heterocycles. The number of carbonyl (C=O) groups excluding carboxylic acids is 2. The molecule has 0 atom stereocenters. The molecule has 0 saturated heterocycles. The molecule has 0 saturated carbocycles. The minimum Gasteiger partial charge on any atom is -0.326 e. The summed E-state index contributed by atoms with van der Waals surface area (Å²) >= 11 is 0. The summed E-state index contributed by atoms with van der Waals surface area (Å²) in [4.78, 5) is 22.9. The molecule has 22 heavy (non-hydrogen) atoms. The van der Waals surface area contributed by atoms with Crippen molar-refractivity contribution in [1.82, 2.24) is 0 Å². The number of anilines is 2. The highest BCUT2D eigenvalue weighted by Crippen LogP contribution is 2.35. The third-order valence-electron chi connectivity index (χ3n) is 3.26. The number of rotatable bonds is 3. The number of hydrogen-bond donors (Lipinski definition) is 2. The van der Waals surface area contributed by atoms with Crippen LogP contribution in [0.3, 0.4) is 0 Å². The zero-order valence-electron chi connectivity index (χ0n) is 13.3. The molecule has 2 N–H and O–H groups in total. The molecule has 0 aliphatic carbocycles. The van der Waals surface area contributed by atoms with Gasteiger partial charge in [-0.15, -0.1) is 0 Å². The monoisotopic (exact) mass is 296 g/mol. The molecule has 0 spiro atoms. The van der Waals surface area contributed by atoms with Gasteiger partial charge in [0.05, 0.1) is 0 Å². The van der Waals surface area contributed by atoms with Crippen molar-refractivity contribution in [2.75, 3.05) is 10.6 Å². The molecule has 2 aromatic rings. The molecule has 0 aliphatic heterocycles. The third-order valence-corrected chi connectivity index (χ3v) is 3.26. The number of amides is 2. The Bertz CT molecular complexity index is 672. The van der Waals surface area contributed by atoms with E-state index in [-0.39, 0.29) is 11.8 Å². The van der Waals surface area contributed by atoms with Crippen LogP contribution in [0.25, 0.3) is 11.1 Å². The number of aryl methyl sites for hydroxylation is 2. The Kier molecular flexibility index (Phi) is 4.61. The summed E-state index contributed by atoms with van der Waals surface area (Å²) in [7, 11) is 0. The summed E-state index contributed by atoms with van der Waals surface area (Å²) in [6, 6.07) is 11.7. The summed E-state index contributed by atoms with van der Waals surface area (Å²) < 4.78 is 0. The van der Waals surface area contributed by atoms with Crippen LogP contribution in [-0.2, 0) is 9.59 Å². The Labute approximate surface area is 130 Å². The molecule has 0 aromatic heterocycles. The van der Waals surface area contributed by atoms with Crippen LogP contribution in [0.2, 0.25) is 0 Å². The van der Waals surface area contributed by atoms with Crippen LogP contribution in [0, 0.1) is 13.8 Å². The van der Waals surface area contributed by atoms with Gasteiger partial charge < -0.3 is 10.6 Å². The van der Waals surface area contributed by atoms with E-state index in [1.165, 1.54) is 13.8 Å². The van der Waals surface area contributed by atoms with Gasteiger partial charge >= 0.3 is 0 Å². The Morgan fingerprint density at radius 1 is 0.727 bits per heavy atom. The Hall–Kier alpha value is -2.62. The van der Waals surface area contributed by atoms with Crippen LogP contribution >= 0.6 is 0 Å². The Morgan fingerprint density at radius 2 is 1.09 bits per heavy atom. The van der Waals surface area contributed by atoms with Crippen LogP contribution in [0.1, 0.15) is 25.0 Å². The van der Waals surface area contributed by atoms with Crippen LogP contribution in [0.4, 0.5) is 11.4 Å². The van der Waals surface area contributed by atoms with E-state index in [2.05, 4.69) is 10.6 Å². The van der Waals surface area contributed by atoms with Crippen LogP contribution in [0.15, 0.2) is 36.4 Å². The van der Waals surface area contributed by atoms with Gasteiger partial charge in [-0.3, -0.25) is 9.59 Å². The van der Waals surface area contributed by atoms with Crippen LogP contribution < -0.4 is 10.6 Å². The lowest BCUT2D eigenvalue weighted by molar-refractivity contribution is -0.115. The van der Waals surface area contributed by atoms with E-state index in [0.29, 0.717) is 0 Å². The first kappa shape index (κ1) is 15.8. The smallest absolute Gasteiger partial charge is 0.221 e. The van der Waals surface area contributed by atoms with E-state index >= 15 is 0 Å². The largest absolute Gasteiger partial charge is 0.326 e. The maximum atomic E-state index is 11.4. The van der Waals surface area contributed by atoms with E-state index in [1.54, 1.807) is 0 Å². The van der Waals surface area contributed by atoms with E-state index in [1.807, 2.05) is 50.2 Å².